The summed E-state index contributed by atoms with van der Waals surface area (Å²) in [5, 5.41) is 8.73. The first-order chi connectivity index (χ1) is 10.7. The zero-order valence-corrected chi connectivity index (χ0v) is 14.7. The van der Waals surface area contributed by atoms with Gasteiger partial charge in [-0.25, -0.2) is 0 Å². The summed E-state index contributed by atoms with van der Waals surface area (Å²) in [6, 6.07) is 10.3. The van der Waals surface area contributed by atoms with E-state index < -0.39 is 0 Å². The number of nitrogens with one attached hydrogen (secondary N) is 2. The SMILES string of the molecule is CN=C(NCc1cc(Br)cs1)NCC1Cc2ccccc2O1. The van der Waals surface area contributed by atoms with Crippen LogP contribution in [0.1, 0.15) is 10.4 Å². The Bertz CT molecular complexity index is 646. The molecular formula is C16H18BrN3OS. The van der Waals surface area contributed by atoms with Crippen molar-refractivity contribution >= 4 is 33.2 Å². The van der Waals surface area contributed by atoms with Gasteiger partial charge in [-0.1, -0.05) is 18.2 Å². The van der Waals surface area contributed by atoms with Crippen LogP contribution in [-0.2, 0) is 13.0 Å². The predicted molar refractivity (Wildman–Crippen MR) is 94.8 cm³/mol. The van der Waals surface area contributed by atoms with E-state index in [1.165, 1.54) is 10.4 Å². The molecule has 1 atom stereocenters. The molecule has 1 aromatic carbocycles. The van der Waals surface area contributed by atoms with Crippen LogP contribution >= 0.6 is 27.3 Å². The standard InChI is InChI=1S/C16H18BrN3OS/c1-18-16(20-9-14-7-12(17)10-22-14)19-8-13-6-11-4-2-3-5-15(11)21-13/h2-5,7,10,13H,6,8-9H2,1H3,(H2,18,19,20). The van der Waals surface area contributed by atoms with Crippen LogP contribution in [0.3, 0.4) is 0 Å². The first-order valence-corrected chi connectivity index (χ1v) is 8.84. The Hall–Kier alpha value is -1.53. The average molecular weight is 380 g/mol. The van der Waals surface area contributed by atoms with Gasteiger partial charge in [0, 0.05) is 28.2 Å². The van der Waals surface area contributed by atoms with Gasteiger partial charge in [-0.3, -0.25) is 4.99 Å². The quantitative estimate of drug-likeness (QED) is 0.633. The zero-order valence-electron chi connectivity index (χ0n) is 12.3. The maximum Gasteiger partial charge on any atom is 0.191 e. The van der Waals surface area contributed by atoms with Crippen LogP contribution in [0.2, 0.25) is 0 Å². The van der Waals surface area contributed by atoms with Crippen LogP contribution in [0.4, 0.5) is 0 Å². The molecule has 116 valence electrons. The third-order valence-electron chi connectivity index (χ3n) is 3.49. The minimum absolute atomic E-state index is 0.159. The minimum Gasteiger partial charge on any atom is -0.488 e. The molecule has 0 saturated carbocycles. The fourth-order valence-corrected chi connectivity index (χ4v) is 3.81. The number of ether oxygens (including phenoxy) is 1. The lowest BCUT2D eigenvalue weighted by molar-refractivity contribution is 0.235. The van der Waals surface area contributed by atoms with Crippen molar-refractivity contribution in [3.8, 4) is 5.75 Å². The molecule has 2 heterocycles. The molecule has 1 aliphatic heterocycles. The van der Waals surface area contributed by atoms with Gasteiger partial charge in [0.05, 0.1) is 13.1 Å². The van der Waals surface area contributed by atoms with Crippen molar-refractivity contribution in [1.29, 1.82) is 0 Å². The summed E-state index contributed by atoms with van der Waals surface area (Å²) in [7, 11) is 1.78. The molecule has 0 fully saturated rings. The van der Waals surface area contributed by atoms with Gasteiger partial charge in [0.2, 0.25) is 0 Å². The van der Waals surface area contributed by atoms with E-state index in [-0.39, 0.29) is 6.10 Å². The fourth-order valence-electron chi connectivity index (χ4n) is 2.42. The van der Waals surface area contributed by atoms with E-state index in [1.54, 1.807) is 18.4 Å². The molecule has 6 heteroatoms. The van der Waals surface area contributed by atoms with E-state index in [1.807, 2.05) is 12.1 Å². The summed E-state index contributed by atoms with van der Waals surface area (Å²) < 4.78 is 7.04. The maximum absolute atomic E-state index is 5.92. The summed E-state index contributed by atoms with van der Waals surface area (Å²) in [6.45, 7) is 1.50. The molecule has 0 spiro atoms. The van der Waals surface area contributed by atoms with Gasteiger partial charge in [0.15, 0.2) is 5.96 Å². The Morgan fingerprint density at radius 1 is 1.41 bits per heavy atom. The highest BCUT2D eigenvalue weighted by Gasteiger charge is 2.22. The Morgan fingerprint density at radius 3 is 3.00 bits per heavy atom. The van der Waals surface area contributed by atoms with Gasteiger partial charge in [-0.2, -0.15) is 0 Å². The average Bonchev–Trinajstić information content (AvgIpc) is 3.13. The molecule has 0 saturated heterocycles. The first kappa shape index (κ1) is 15.4. The van der Waals surface area contributed by atoms with Crippen molar-refractivity contribution in [3.63, 3.8) is 0 Å². The van der Waals surface area contributed by atoms with Crippen LogP contribution in [0.15, 0.2) is 45.2 Å². The number of nitrogens with zero attached hydrogens (tertiary/aromatic N) is 1. The molecule has 0 radical (unpaired) electrons. The highest BCUT2D eigenvalue weighted by atomic mass is 79.9. The molecule has 0 aliphatic carbocycles. The molecule has 22 heavy (non-hydrogen) atoms. The van der Waals surface area contributed by atoms with E-state index in [2.05, 4.69) is 55.1 Å². The highest BCUT2D eigenvalue weighted by molar-refractivity contribution is 9.10. The number of aliphatic imine (C=N–C) groups is 1. The van der Waals surface area contributed by atoms with Crippen molar-refractivity contribution in [3.05, 3.63) is 50.6 Å². The van der Waals surface area contributed by atoms with E-state index in [4.69, 9.17) is 4.74 Å². The van der Waals surface area contributed by atoms with Crippen molar-refractivity contribution in [2.75, 3.05) is 13.6 Å². The van der Waals surface area contributed by atoms with Crippen LogP contribution in [0, 0.1) is 0 Å². The van der Waals surface area contributed by atoms with Crippen molar-refractivity contribution < 1.29 is 4.74 Å². The second-order valence-corrected chi connectivity index (χ2v) is 7.00. The Labute approximate surface area is 142 Å². The fraction of sp³-hybridized carbons (Fsp3) is 0.312. The van der Waals surface area contributed by atoms with E-state index >= 15 is 0 Å². The smallest absolute Gasteiger partial charge is 0.191 e. The second-order valence-electron chi connectivity index (χ2n) is 5.09. The minimum atomic E-state index is 0.159. The van der Waals surface area contributed by atoms with Crippen LogP contribution in [0.5, 0.6) is 5.75 Å². The molecule has 2 aromatic rings. The summed E-state index contributed by atoms with van der Waals surface area (Å²) in [5.41, 5.74) is 1.28. The number of hydrogen-bond acceptors (Lipinski definition) is 3. The second kappa shape index (κ2) is 7.15. The van der Waals surface area contributed by atoms with Gasteiger partial charge in [-0.05, 0) is 33.6 Å². The topological polar surface area (TPSA) is 45.7 Å². The lowest BCUT2D eigenvalue weighted by Gasteiger charge is -2.15. The summed E-state index contributed by atoms with van der Waals surface area (Å²) >= 11 is 5.19. The Morgan fingerprint density at radius 2 is 2.27 bits per heavy atom. The van der Waals surface area contributed by atoms with Crippen molar-refractivity contribution in [2.24, 2.45) is 4.99 Å². The van der Waals surface area contributed by atoms with Crippen molar-refractivity contribution in [2.45, 2.75) is 19.1 Å². The lowest BCUT2D eigenvalue weighted by atomic mass is 10.1. The largest absolute Gasteiger partial charge is 0.488 e. The molecule has 3 rings (SSSR count). The zero-order chi connectivity index (χ0) is 15.4. The maximum atomic E-state index is 5.92. The number of thiophene rings is 1. The summed E-state index contributed by atoms with van der Waals surface area (Å²) in [5.74, 6) is 1.80. The molecule has 2 N–H and O–H groups in total. The monoisotopic (exact) mass is 379 g/mol. The number of hydrogen-bond donors (Lipinski definition) is 2. The third-order valence-corrected chi connectivity index (χ3v) is 5.18. The Balaban J connectivity index is 1.46. The summed E-state index contributed by atoms with van der Waals surface area (Å²) in [4.78, 5) is 5.52. The normalized spacial score (nSPS) is 17.0. The molecule has 0 amide bonds. The molecule has 4 nitrogen and oxygen atoms in total. The number of fused-ring (bicyclic) bond motifs is 1. The lowest BCUT2D eigenvalue weighted by Crippen LogP contribution is -2.41. The number of para-hydroxylation sites is 1. The molecule has 1 unspecified atom stereocenters. The summed E-state index contributed by atoms with van der Waals surface area (Å²) in [6.07, 6.45) is 1.10. The number of guanidine groups is 1. The van der Waals surface area contributed by atoms with Crippen molar-refractivity contribution in [1.82, 2.24) is 10.6 Å². The molecule has 1 aromatic heterocycles. The van der Waals surface area contributed by atoms with Gasteiger partial charge in [-0.15, -0.1) is 11.3 Å². The highest BCUT2D eigenvalue weighted by Crippen LogP contribution is 2.27. The first-order valence-electron chi connectivity index (χ1n) is 7.16. The van der Waals surface area contributed by atoms with E-state index in [0.717, 1.165) is 35.7 Å². The van der Waals surface area contributed by atoms with Gasteiger partial charge in [0.1, 0.15) is 11.9 Å². The Kier molecular flexibility index (Phi) is 5.00. The molecule has 1 aliphatic rings. The van der Waals surface area contributed by atoms with Gasteiger partial charge >= 0.3 is 0 Å². The number of benzene rings is 1. The van der Waals surface area contributed by atoms with E-state index in [9.17, 15) is 0 Å². The van der Waals surface area contributed by atoms with E-state index in [0.29, 0.717) is 0 Å². The van der Waals surface area contributed by atoms with Crippen LogP contribution in [-0.4, -0.2) is 25.7 Å². The number of rotatable bonds is 4. The molecule has 0 bridgehead atoms. The van der Waals surface area contributed by atoms with Crippen LogP contribution < -0.4 is 15.4 Å². The van der Waals surface area contributed by atoms with Gasteiger partial charge < -0.3 is 15.4 Å². The third kappa shape index (κ3) is 3.81. The number of halogens is 1. The molecular weight excluding hydrogens is 362 g/mol. The van der Waals surface area contributed by atoms with Gasteiger partial charge in [0.25, 0.3) is 0 Å². The predicted octanol–water partition coefficient (Wildman–Crippen LogP) is 3.18. The van der Waals surface area contributed by atoms with Crippen LogP contribution in [0.25, 0.3) is 0 Å².